The minimum atomic E-state index is -0.366. The van der Waals surface area contributed by atoms with E-state index >= 15 is 0 Å². The largest absolute Gasteiger partial charge is 0.347 e. The van der Waals surface area contributed by atoms with Crippen LogP contribution in [0.4, 0.5) is 5.69 Å². The van der Waals surface area contributed by atoms with Crippen LogP contribution in [0.25, 0.3) is 0 Å². The average molecular weight is 446 g/mol. The first-order valence-electron chi connectivity index (χ1n) is 10.3. The molecule has 2 aliphatic heterocycles. The Bertz CT molecular complexity index is 968. The van der Waals surface area contributed by atoms with Crippen LogP contribution in [0, 0.1) is 18.8 Å². The Balaban J connectivity index is 1.26. The van der Waals surface area contributed by atoms with Gasteiger partial charge in [-0.05, 0) is 44.0 Å². The number of carbonyl (C=O) groups is 3. The summed E-state index contributed by atoms with van der Waals surface area (Å²) in [7, 11) is 0. The molecule has 10 heteroatoms. The third kappa shape index (κ3) is 4.87. The maximum absolute atomic E-state index is 13.0. The lowest BCUT2D eigenvalue weighted by atomic mass is 9.94. The van der Waals surface area contributed by atoms with Gasteiger partial charge in [-0.3, -0.25) is 14.4 Å². The Morgan fingerprint density at radius 2 is 1.90 bits per heavy atom. The normalized spacial score (nSPS) is 19.7. The molecule has 3 amide bonds. The van der Waals surface area contributed by atoms with Crippen LogP contribution in [0.15, 0.2) is 28.8 Å². The molecular weight excluding hydrogens is 422 g/mol. The zero-order valence-corrected chi connectivity index (χ0v) is 18.0. The molecule has 1 atom stereocenters. The van der Waals surface area contributed by atoms with Gasteiger partial charge in [0.25, 0.3) is 0 Å². The molecule has 0 aliphatic carbocycles. The van der Waals surface area contributed by atoms with Crippen molar-refractivity contribution in [3.8, 4) is 0 Å². The monoisotopic (exact) mass is 445 g/mol. The maximum Gasteiger partial charge on any atom is 0.246 e. The highest BCUT2D eigenvalue weighted by atomic mass is 35.5. The number of anilines is 1. The van der Waals surface area contributed by atoms with E-state index in [1.807, 2.05) is 0 Å². The Morgan fingerprint density at radius 1 is 1.19 bits per heavy atom. The molecule has 2 fully saturated rings. The van der Waals surface area contributed by atoms with Crippen molar-refractivity contribution in [3.05, 3.63) is 41.0 Å². The van der Waals surface area contributed by atoms with E-state index in [4.69, 9.17) is 16.1 Å². The fraction of sp³-hybridized carbons (Fsp3) is 0.476. The van der Waals surface area contributed by atoms with E-state index in [9.17, 15) is 14.4 Å². The van der Waals surface area contributed by atoms with Gasteiger partial charge < -0.3 is 19.6 Å². The van der Waals surface area contributed by atoms with Crippen molar-refractivity contribution in [2.75, 3.05) is 24.5 Å². The topological polar surface area (TPSA) is 109 Å². The number of piperidine rings is 1. The Kier molecular flexibility index (Phi) is 6.22. The first kappa shape index (κ1) is 21.3. The van der Waals surface area contributed by atoms with E-state index in [-0.39, 0.29) is 42.5 Å². The molecule has 1 unspecified atom stereocenters. The summed E-state index contributed by atoms with van der Waals surface area (Å²) in [5.41, 5.74) is 0.747. The predicted molar refractivity (Wildman–Crippen MR) is 112 cm³/mol. The van der Waals surface area contributed by atoms with Crippen molar-refractivity contribution in [1.29, 1.82) is 0 Å². The molecule has 0 spiro atoms. The van der Waals surface area contributed by atoms with Crippen LogP contribution in [0.1, 0.15) is 31.0 Å². The van der Waals surface area contributed by atoms with Crippen molar-refractivity contribution in [2.24, 2.45) is 11.8 Å². The summed E-state index contributed by atoms with van der Waals surface area (Å²) in [5, 5.41) is 7.11. The number of rotatable bonds is 5. The molecule has 2 aromatic rings. The van der Waals surface area contributed by atoms with Crippen LogP contribution in [0.2, 0.25) is 5.02 Å². The number of hydrogen-bond acceptors (Lipinski definition) is 6. The number of benzene rings is 1. The average Bonchev–Trinajstić information content (AvgIpc) is 3.37. The number of halogens is 1. The van der Waals surface area contributed by atoms with Gasteiger partial charge in [0.2, 0.25) is 23.6 Å². The lowest BCUT2D eigenvalue weighted by Crippen LogP contribution is -2.45. The van der Waals surface area contributed by atoms with Gasteiger partial charge in [0.1, 0.15) is 0 Å². The lowest BCUT2D eigenvalue weighted by Gasteiger charge is -2.32. The van der Waals surface area contributed by atoms with Crippen molar-refractivity contribution >= 4 is 35.0 Å². The van der Waals surface area contributed by atoms with Crippen LogP contribution < -0.4 is 10.2 Å². The first-order chi connectivity index (χ1) is 14.9. The van der Waals surface area contributed by atoms with E-state index in [1.165, 1.54) is 0 Å². The molecule has 164 valence electrons. The molecule has 1 aromatic heterocycles. The fourth-order valence-electron chi connectivity index (χ4n) is 4.08. The van der Waals surface area contributed by atoms with Gasteiger partial charge in [0, 0.05) is 42.7 Å². The number of hydrogen-bond donors (Lipinski definition) is 1. The summed E-state index contributed by atoms with van der Waals surface area (Å²) in [6.45, 7) is 3.28. The second kappa shape index (κ2) is 9.05. The number of carbonyl (C=O) groups excluding carboxylic acids is 3. The minimum absolute atomic E-state index is 0.0231. The number of likely N-dealkylation sites (tertiary alicyclic amines) is 1. The highest BCUT2D eigenvalue weighted by Gasteiger charge is 2.38. The third-order valence-electron chi connectivity index (χ3n) is 5.77. The predicted octanol–water partition coefficient (Wildman–Crippen LogP) is 1.94. The summed E-state index contributed by atoms with van der Waals surface area (Å²) in [6, 6.07) is 7.03. The van der Waals surface area contributed by atoms with Gasteiger partial charge in [0.15, 0.2) is 5.82 Å². The number of aryl methyl sites for hydroxylation is 1. The standard InChI is InChI=1S/C21H24ClN5O4/c1-13-24-18(31-25-13)11-23-20(29)14-6-8-26(9-7-14)21(30)15-10-19(28)27(12-15)17-4-2-16(22)3-5-17/h2-5,14-15H,6-12H2,1H3,(H,23,29). The molecule has 0 bridgehead atoms. The van der Waals surface area contributed by atoms with Crippen molar-refractivity contribution < 1.29 is 18.9 Å². The van der Waals surface area contributed by atoms with Gasteiger partial charge in [-0.1, -0.05) is 16.8 Å². The van der Waals surface area contributed by atoms with Gasteiger partial charge in [-0.25, -0.2) is 0 Å². The summed E-state index contributed by atoms with van der Waals surface area (Å²) >= 11 is 5.92. The summed E-state index contributed by atoms with van der Waals surface area (Å²) < 4.78 is 5.00. The van der Waals surface area contributed by atoms with E-state index in [0.717, 1.165) is 5.69 Å². The van der Waals surface area contributed by atoms with Crippen LogP contribution in [0.3, 0.4) is 0 Å². The van der Waals surface area contributed by atoms with E-state index in [2.05, 4.69) is 15.5 Å². The molecule has 1 aromatic carbocycles. The second-order valence-electron chi connectivity index (χ2n) is 7.93. The quantitative estimate of drug-likeness (QED) is 0.753. The van der Waals surface area contributed by atoms with E-state index < -0.39 is 0 Å². The SMILES string of the molecule is Cc1noc(CNC(=O)C2CCN(C(=O)C3CC(=O)N(c4ccc(Cl)cc4)C3)CC2)n1. The van der Waals surface area contributed by atoms with Crippen LogP contribution >= 0.6 is 11.6 Å². The molecule has 0 radical (unpaired) electrons. The van der Waals surface area contributed by atoms with Crippen LogP contribution in [0.5, 0.6) is 0 Å². The molecule has 1 N–H and O–H groups in total. The Morgan fingerprint density at radius 3 is 2.55 bits per heavy atom. The highest BCUT2D eigenvalue weighted by Crippen LogP contribution is 2.28. The molecule has 3 heterocycles. The van der Waals surface area contributed by atoms with Crippen LogP contribution in [-0.2, 0) is 20.9 Å². The van der Waals surface area contributed by atoms with Gasteiger partial charge in [0.05, 0.1) is 12.5 Å². The smallest absolute Gasteiger partial charge is 0.246 e. The van der Waals surface area contributed by atoms with Crippen LogP contribution in [-0.4, -0.2) is 52.4 Å². The summed E-state index contributed by atoms with van der Waals surface area (Å²) in [4.78, 5) is 45.3. The molecular formula is C21H24ClN5O4. The molecule has 4 rings (SSSR count). The minimum Gasteiger partial charge on any atom is -0.347 e. The highest BCUT2D eigenvalue weighted by molar-refractivity contribution is 6.30. The number of amides is 3. The number of aromatic nitrogens is 2. The van der Waals surface area contributed by atoms with Crippen molar-refractivity contribution in [1.82, 2.24) is 20.4 Å². The first-order valence-corrected chi connectivity index (χ1v) is 10.7. The molecule has 2 aliphatic rings. The molecule has 0 saturated carbocycles. The van der Waals surface area contributed by atoms with E-state index in [1.54, 1.807) is 41.0 Å². The third-order valence-corrected chi connectivity index (χ3v) is 6.03. The number of nitrogens with zero attached hydrogens (tertiary/aromatic N) is 4. The van der Waals surface area contributed by atoms with Crippen molar-refractivity contribution in [3.63, 3.8) is 0 Å². The van der Waals surface area contributed by atoms with Crippen molar-refractivity contribution in [2.45, 2.75) is 32.7 Å². The summed E-state index contributed by atoms with van der Waals surface area (Å²) in [5.74, 6) is 0.202. The van der Waals surface area contributed by atoms with E-state index in [0.29, 0.717) is 49.2 Å². The fourth-order valence-corrected chi connectivity index (χ4v) is 4.21. The molecule has 31 heavy (non-hydrogen) atoms. The molecule has 9 nitrogen and oxygen atoms in total. The second-order valence-corrected chi connectivity index (χ2v) is 8.37. The summed E-state index contributed by atoms with van der Waals surface area (Å²) in [6.07, 6.45) is 1.37. The lowest BCUT2D eigenvalue weighted by molar-refractivity contribution is -0.139. The Hall–Kier alpha value is -2.94. The molecule has 2 saturated heterocycles. The number of nitrogens with one attached hydrogen (secondary N) is 1. The van der Waals surface area contributed by atoms with Gasteiger partial charge >= 0.3 is 0 Å². The van der Waals surface area contributed by atoms with Gasteiger partial charge in [-0.2, -0.15) is 4.98 Å². The Labute approximate surface area is 184 Å². The zero-order valence-electron chi connectivity index (χ0n) is 17.2. The maximum atomic E-state index is 13.0. The zero-order chi connectivity index (χ0) is 22.0. The van der Waals surface area contributed by atoms with Gasteiger partial charge in [-0.15, -0.1) is 0 Å².